The molecule has 0 saturated carbocycles. The van der Waals surface area contributed by atoms with E-state index in [0.717, 1.165) is 6.42 Å². The van der Waals surface area contributed by atoms with Gasteiger partial charge in [0.2, 0.25) is 0 Å². The molecule has 0 N–H and O–H groups in total. The van der Waals surface area contributed by atoms with Crippen LogP contribution in [0, 0.1) is 0 Å². The molecule has 0 unspecified atom stereocenters. The van der Waals surface area contributed by atoms with Crippen LogP contribution in [0.5, 0.6) is 0 Å². The van der Waals surface area contributed by atoms with E-state index in [1.807, 2.05) is 6.08 Å². The maximum absolute atomic E-state index is 10.4. The molecule has 0 heterocycles. The standard InChI is InChI=1S/C9H16O.2C3H6O2.Ca/c1-3-4-5-6-7-8-9(2)10;2*1-2-3(4)5;/h7-8H,3-6H2,1-2H3;2*2H2,1H3,(H,4,5);/q;;;+2/p-2. The van der Waals surface area contributed by atoms with E-state index in [9.17, 15) is 24.6 Å². The SMILES string of the molecule is CCC(=O)[O-].CCC(=O)[O-].CCCCCC=CC(C)=O.[Ca+2]. The van der Waals surface area contributed by atoms with Crippen molar-refractivity contribution in [3.63, 3.8) is 0 Å². The number of hydrogen-bond donors (Lipinski definition) is 0. The molecule has 0 aliphatic heterocycles. The number of aliphatic carboxylic acids is 2. The molecule has 0 rings (SSSR count). The zero-order valence-corrected chi connectivity index (χ0v) is 15.9. The van der Waals surface area contributed by atoms with Crippen LogP contribution in [0.3, 0.4) is 0 Å². The van der Waals surface area contributed by atoms with Crippen molar-refractivity contribution in [2.24, 2.45) is 0 Å². The Bertz CT molecular complexity index is 274. The number of carbonyl (C=O) groups is 3. The number of allylic oxidation sites excluding steroid dienone is 2. The van der Waals surface area contributed by atoms with Crippen LogP contribution in [-0.2, 0) is 14.4 Å². The third-order valence-electron chi connectivity index (χ3n) is 1.90. The summed E-state index contributed by atoms with van der Waals surface area (Å²) in [5, 5.41) is 18.5. The summed E-state index contributed by atoms with van der Waals surface area (Å²) >= 11 is 0. The Kier molecular flexibility index (Phi) is 33.7. The first-order chi connectivity index (χ1) is 9.31. The van der Waals surface area contributed by atoms with E-state index >= 15 is 0 Å². The van der Waals surface area contributed by atoms with E-state index < -0.39 is 11.9 Å². The molecule has 118 valence electrons. The van der Waals surface area contributed by atoms with Gasteiger partial charge in [-0.3, -0.25) is 4.79 Å². The van der Waals surface area contributed by atoms with Crippen LogP contribution >= 0.6 is 0 Å². The van der Waals surface area contributed by atoms with Gasteiger partial charge in [-0.25, -0.2) is 0 Å². The summed E-state index contributed by atoms with van der Waals surface area (Å²) < 4.78 is 0. The molecule has 21 heavy (non-hydrogen) atoms. The Labute approximate surface area is 157 Å². The first kappa shape index (κ1) is 28.7. The zero-order chi connectivity index (χ0) is 16.4. The number of ketones is 1. The Morgan fingerprint density at radius 3 is 1.52 bits per heavy atom. The molecule has 0 aromatic rings. The third-order valence-corrected chi connectivity index (χ3v) is 1.90. The summed E-state index contributed by atoms with van der Waals surface area (Å²) in [4.78, 5) is 28.9. The van der Waals surface area contributed by atoms with E-state index in [-0.39, 0.29) is 56.4 Å². The minimum absolute atomic E-state index is 0. The first-order valence-corrected chi connectivity index (χ1v) is 6.88. The number of hydrogen-bond acceptors (Lipinski definition) is 5. The van der Waals surface area contributed by atoms with Gasteiger partial charge in [-0.15, -0.1) is 0 Å². The second kappa shape index (κ2) is 24.6. The van der Waals surface area contributed by atoms with Gasteiger partial charge < -0.3 is 19.8 Å². The van der Waals surface area contributed by atoms with Crippen LogP contribution < -0.4 is 10.2 Å². The number of unbranched alkanes of at least 4 members (excludes halogenated alkanes) is 3. The molecule has 0 amide bonds. The molecule has 0 atom stereocenters. The molecule has 0 aliphatic carbocycles. The molecule has 0 aromatic heterocycles. The smallest absolute Gasteiger partial charge is 0.550 e. The van der Waals surface area contributed by atoms with Gasteiger partial charge in [-0.05, 0) is 38.7 Å². The summed E-state index contributed by atoms with van der Waals surface area (Å²) in [5.41, 5.74) is 0. The summed E-state index contributed by atoms with van der Waals surface area (Å²) in [5.74, 6) is -1.84. The van der Waals surface area contributed by atoms with Gasteiger partial charge in [0, 0.05) is 11.9 Å². The first-order valence-electron chi connectivity index (χ1n) is 6.88. The maximum Gasteiger partial charge on any atom is 2.00 e. The largest absolute Gasteiger partial charge is 2.00 e. The molecule has 6 heteroatoms. The van der Waals surface area contributed by atoms with Gasteiger partial charge in [0.1, 0.15) is 0 Å². The molecule has 0 bridgehead atoms. The van der Waals surface area contributed by atoms with E-state index in [1.54, 1.807) is 13.0 Å². The fraction of sp³-hybridized carbons (Fsp3) is 0.667. The van der Waals surface area contributed by atoms with Crippen molar-refractivity contribution in [3.8, 4) is 0 Å². The monoisotopic (exact) mass is 326 g/mol. The molecule has 0 radical (unpaired) electrons. The van der Waals surface area contributed by atoms with Gasteiger partial charge in [-0.1, -0.05) is 39.7 Å². The summed E-state index contributed by atoms with van der Waals surface area (Å²) in [6.45, 7) is 6.83. The Balaban J connectivity index is -0.000000112. The molecular formula is C15H26CaO5. The van der Waals surface area contributed by atoms with Crippen LogP contribution in [0.25, 0.3) is 0 Å². The summed E-state index contributed by atoms with van der Waals surface area (Å²) in [6.07, 6.45) is 8.59. The van der Waals surface area contributed by atoms with Crippen molar-refractivity contribution in [2.45, 2.75) is 66.2 Å². The zero-order valence-electron chi connectivity index (χ0n) is 13.6. The van der Waals surface area contributed by atoms with Gasteiger partial charge in [0.05, 0.1) is 0 Å². The maximum atomic E-state index is 10.4. The van der Waals surface area contributed by atoms with Gasteiger partial charge in [0.15, 0.2) is 5.78 Å². The molecule has 0 saturated heterocycles. The molecule has 0 aromatic carbocycles. The average Bonchev–Trinajstić information content (AvgIpc) is 2.39. The van der Waals surface area contributed by atoms with Crippen LogP contribution in [0.1, 0.15) is 66.2 Å². The molecule has 5 nitrogen and oxygen atoms in total. The predicted octanol–water partition coefficient (Wildman–Crippen LogP) is 0.624. The van der Waals surface area contributed by atoms with Crippen molar-refractivity contribution in [2.75, 3.05) is 0 Å². The Morgan fingerprint density at radius 1 is 0.905 bits per heavy atom. The molecular weight excluding hydrogens is 300 g/mol. The second-order valence-corrected chi connectivity index (χ2v) is 3.96. The Morgan fingerprint density at radius 2 is 1.29 bits per heavy atom. The van der Waals surface area contributed by atoms with Crippen LogP contribution in [0.4, 0.5) is 0 Å². The van der Waals surface area contributed by atoms with Crippen LogP contribution in [0.15, 0.2) is 12.2 Å². The van der Waals surface area contributed by atoms with Crippen LogP contribution in [-0.4, -0.2) is 55.5 Å². The minimum Gasteiger partial charge on any atom is -0.550 e. The predicted molar refractivity (Wildman–Crippen MR) is 80.3 cm³/mol. The third kappa shape index (κ3) is 54.0. The van der Waals surface area contributed by atoms with Crippen molar-refractivity contribution in [1.82, 2.24) is 0 Å². The number of carboxylic acid groups (broad SMARTS) is 2. The van der Waals surface area contributed by atoms with Crippen molar-refractivity contribution in [3.05, 3.63) is 12.2 Å². The fourth-order valence-corrected chi connectivity index (χ4v) is 0.761. The number of carbonyl (C=O) groups excluding carboxylic acids is 3. The normalized spacial score (nSPS) is 8.57. The Hall–Kier alpha value is -0.390. The van der Waals surface area contributed by atoms with E-state index in [4.69, 9.17) is 0 Å². The fourth-order valence-electron chi connectivity index (χ4n) is 0.761. The van der Waals surface area contributed by atoms with Gasteiger partial charge in [0.25, 0.3) is 0 Å². The minimum atomic E-state index is -0.995. The van der Waals surface area contributed by atoms with Crippen molar-refractivity contribution < 1.29 is 24.6 Å². The molecule has 0 spiro atoms. The van der Waals surface area contributed by atoms with E-state index in [2.05, 4.69) is 6.92 Å². The van der Waals surface area contributed by atoms with Crippen molar-refractivity contribution in [1.29, 1.82) is 0 Å². The topological polar surface area (TPSA) is 97.3 Å². The molecule has 0 aliphatic rings. The van der Waals surface area contributed by atoms with Gasteiger partial charge in [-0.2, -0.15) is 0 Å². The van der Waals surface area contributed by atoms with Crippen LogP contribution in [0.2, 0.25) is 0 Å². The average molecular weight is 326 g/mol. The van der Waals surface area contributed by atoms with Gasteiger partial charge >= 0.3 is 37.7 Å². The van der Waals surface area contributed by atoms with Crippen molar-refractivity contribution >= 4 is 55.5 Å². The number of rotatable bonds is 7. The summed E-state index contributed by atoms with van der Waals surface area (Å²) in [7, 11) is 0. The summed E-state index contributed by atoms with van der Waals surface area (Å²) in [6, 6.07) is 0. The second-order valence-electron chi connectivity index (χ2n) is 3.96. The van der Waals surface area contributed by atoms with E-state index in [0.29, 0.717) is 0 Å². The molecule has 0 fully saturated rings. The number of carboxylic acids is 2. The van der Waals surface area contributed by atoms with E-state index in [1.165, 1.54) is 33.1 Å². The quantitative estimate of drug-likeness (QED) is 0.388.